The van der Waals surface area contributed by atoms with E-state index < -0.39 is 11.9 Å². The first-order chi connectivity index (χ1) is 11.0. The monoisotopic (exact) mass is 337 g/mol. The van der Waals surface area contributed by atoms with Crippen LogP contribution in [0.15, 0.2) is 36.5 Å². The zero-order valence-electron chi connectivity index (χ0n) is 13.0. The highest BCUT2D eigenvalue weighted by atomic mass is 35.5. The van der Waals surface area contributed by atoms with Gasteiger partial charge in [-0.05, 0) is 24.6 Å². The van der Waals surface area contributed by atoms with Gasteiger partial charge in [0.2, 0.25) is 5.91 Å². The van der Waals surface area contributed by atoms with E-state index in [1.54, 1.807) is 18.2 Å². The van der Waals surface area contributed by atoms with E-state index in [9.17, 15) is 9.59 Å². The molecule has 0 radical (unpaired) electrons. The molecule has 0 unspecified atom stereocenters. The minimum Gasteiger partial charge on any atom is -0.463 e. The molecule has 1 aromatic rings. The fourth-order valence-corrected chi connectivity index (χ4v) is 2.86. The topological polar surface area (TPSA) is 64.6 Å². The lowest BCUT2D eigenvalue weighted by Gasteiger charge is -2.32. The van der Waals surface area contributed by atoms with Crippen molar-refractivity contribution in [3.05, 3.63) is 47.1 Å². The van der Waals surface area contributed by atoms with E-state index in [-0.39, 0.29) is 24.9 Å². The highest BCUT2D eigenvalue weighted by molar-refractivity contribution is 6.30. The molecule has 2 rings (SSSR count). The molecule has 0 saturated carbocycles. The molecule has 23 heavy (non-hydrogen) atoms. The third-order valence-electron chi connectivity index (χ3n) is 3.69. The minimum atomic E-state index is -0.632. The highest BCUT2D eigenvalue weighted by Gasteiger charge is 2.39. The van der Waals surface area contributed by atoms with Crippen molar-refractivity contribution in [1.29, 1.82) is 0 Å². The van der Waals surface area contributed by atoms with Crippen molar-refractivity contribution in [2.45, 2.75) is 19.3 Å². The maximum absolute atomic E-state index is 12.4. The second-order valence-corrected chi connectivity index (χ2v) is 5.72. The molecule has 1 aliphatic rings. The Bertz CT molecular complexity index is 602. The van der Waals surface area contributed by atoms with E-state index >= 15 is 0 Å². The lowest BCUT2D eigenvalue weighted by molar-refractivity contribution is -0.150. The lowest BCUT2D eigenvalue weighted by Crippen LogP contribution is -2.41. The van der Waals surface area contributed by atoms with E-state index in [1.165, 1.54) is 0 Å². The quantitative estimate of drug-likeness (QED) is 0.640. The average molecular weight is 338 g/mol. The molecule has 0 spiro atoms. The molecule has 1 aromatic carbocycles. The smallest absolute Gasteiger partial charge is 0.315 e. The van der Waals surface area contributed by atoms with Crippen molar-refractivity contribution in [3.8, 4) is 0 Å². The van der Waals surface area contributed by atoms with Gasteiger partial charge in [-0.15, -0.1) is 0 Å². The summed E-state index contributed by atoms with van der Waals surface area (Å²) in [5, 5.41) is 3.19. The van der Waals surface area contributed by atoms with Crippen molar-refractivity contribution in [3.63, 3.8) is 0 Å². The zero-order valence-corrected chi connectivity index (χ0v) is 13.8. The van der Waals surface area contributed by atoms with Crippen LogP contribution in [0.4, 0.5) is 0 Å². The Morgan fingerprint density at radius 2 is 2.22 bits per heavy atom. The summed E-state index contributed by atoms with van der Waals surface area (Å²) in [4.78, 5) is 24.3. The molecule has 0 aliphatic carbocycles. The van der Waals surface area contributed by atoms with Gasteiger partial charge in [-0.3, -0.25) is 9.59 Å². The molecule has 1 N–H and O–H groups in total. The molecule has 1 amide bonds. The first-order valence-corrected chi connectivity index (χ1v) is 7.89. The summed E-state index contributed by atoms with van der Waals surface area (Å²) in [5.41, 5.74) is 1.17. The van der Waals surface area contributed by atoms with Crippen LogP contribution in [0, 0.1) is 5.92 Å². The lowest BCUT2D eigenvalue weighted by atomic mass is 9.79. The number of carbonyl (C=O) groups is 2. The average Bonchev–Trinajstić information content (AvgIpc) is 2.50. The summed E-state index contributed by atoms with van der Waals surface area (Å²) in [7, 11) is 0. The Morgan fingerprint density at radius 1 is 1.43 bits per heavy atom. The molecule has 1 saturated heterocycles. The van der Waals surface area contributed by atoms with Crippen molar-refractivity contribution in [1.82, 2.24) is 5.32 Å². The van der Waals surface area contributed by atoms with Gasteiger partial charge in [0, 0.05) is 29.7 Å². The third kappa shape index (κ3) is 4.56. The first kappa shape index (κ1) is 17.5. The number of amides is 1. The molecule has 124 valence electrons. The van der Waals surface area contributed by atoms with Crippen molar-refractivity contribution >= 4 is 23.5 Å². The molecule has 1 heterocycles. The van der Waals surface area contributed by atoms with E-state index in [4.69, 9.17) is 21.1 Å². The highest BCUT2D eigenvalue weighted by Crippen LogP contribution is 2.36. The van der Waals surface area contributed by atoms with Crippen LogP contribution in [-0.2, 0) is 19.1 Å². The Hall–Kier alpha value is -1.85. The second-order valence-electron chi connectivity index (χ2n) is 5.28. The van der Waals surface area contributed by atoms with Crippen LogP contribution in [0.1, 0.15) is 24.8 Å². The Morgan fingerprint density at radius 3 is 2.91 bits per heavy atom. The molecular weight excluding hydrogens is 318 g/mol. The van der Waals surface area contributed by atoms with E-state index in [0.29, 0.717) is 23.9 Å². The maximum Gasteiger partial charge on any atom is 0.315 e. The predicted octanol–water partition coefficient (Wildman–Crippen LogP) is 2.65. The van der Waals surface area contributed by atoms with Crippen LogP contribution in [0.25, 0.3) is 0 Å². The van der Waals surface area contributed by atoms with E-state index in [0.717, 1.165) is 5.56 Å². The van der Waals surface area contributed by atoms with Gasteiger partial charge in [-0.2, -0.15) is 0 Å². The number of piperidine rings is 1. The summed E-state index contributed by atoms with van der Waals surface area (Å²) in [6, 6.07) is 7.16. The van der Waals surface area contributed by atoms with Crippen molar-refractivity contribution < 1.29 is 19.1 Å². The van der Waals surface area contributed by atoms with Crippen LogP contribution in [-0.4, -0.2) is 31.7 Å². The molecule has 1 fully saturated rings. The van der Waals surface area contributed by atoms with Crippen LogP contribution in [0.2, 0.25) is 5.02 Å². The summed E-state index contributed by atoms with van der Waals surface area (Å²) in [6.45, 7) is 6.76. The number of halogens is 1. The van der Waals surface area contributed by atoms with Crippen LogP contribution >= 0.6 is 11.6 Å². The van der Waals surface area contributed by atoms with Gasteiger partial charge >= 0.3 is 5.97 Å². The van der Waals surface area contributed by atoms with Gasteiger partial charge in [-0.25, -0.2) is 0 Å². The molecule has 1 aliphatic heterocycles. The van der Waals surface area contributed by atoms with Crippen LogP contribution in [0.3, 0.4) is 0 Å². The predicted molar refractivity (Wildman–Crippen MR) is 87.0 cm³/mol. The summed E-state index contributed by atoms with van der Waals surface area (Å²) in [6.07, 6.45) is 0.185. The van der Waals surface area contributed by atoms with Gasteiger partial charge in [0.15, 0.2) is 0 Å². The number of benzene rings is 1. The number of esters is 1. The number of rotatable bonds is 6. The standard InChI is InChI=1S/C17H20ClNO4/c1-3-22-7-8-23-17(21)16-11(2)19-15(20)10-14(16)12-5-4-6-13(18)9-12/h4-6,9,14,16H,2-3,7-8,10H2,1H3,(H,19,20)/t14-,16+/m1/s1. The van der Waals surface area contributed by atoms with Crippen LogP contribution < -0.4 is 5.32 Å². The van der Waals surface area contributed by atoms with Crippen LogP contribution in [0.5, 0.6) is 0 Å². The van der Waals surface area contributed by atoms with E-state index in [2.05, 4.69) is 11.9 Å². The number of hydrogen-bond acceptors (Lipinski definition) is 4. The van der Waals surface area contributed by atoms with Gasteiger partial charge in [0.1, 0.15) is 12.5 Å². The summed E-state index contributed by atoms with van der Waals surface area (Å²) in [5.74, 6) is -1.56. The summed E-state index contributed by atoms with van der Waals surface area (Å²) < 4.78 is 10.4. The van der Waals surface area contributed by atoms with Crippen molar-refractivity contribution in [2.24, 2.45) is 5.92 Å². The number of ether oxygens (including phenoxy) is 2. The zero-order chi connectivity index (χ0) is 16.8. The number of carbonyl (C=O) groups excluding carboxylic acids is 2. The summed E-state index contributed by atoms with van der Waals surface area (Å²) >= 11 is 6.03. The number of hydrogen-bond donors (Lipinski definition) is 1. The van der Waals surface area contributed by atoms with Crippen molar-refractivity contribution in [2.75, 3.05) is 19.8 Å². The minimum absolute atomic E-state index is 0.168. The number of nitrogens with one attached hydrogen (secondary N) is 1. The fourth-order valence-electron chi connectivity index (χ4n) is 2.66. The Balaban J connectivity index is 2.16. The SMILES string of the molecule is C=C1NC(=O)C[C@H](c2cccc(Cl)c2)[C@H]1C(=O)OCCOCC. The second kappa shape index (κ2) is 8.13. The molecule has 0 aromatic heterocycles. The first-order valence-electron chi connectivity index (χ1n) is 7.51. The van der Waals surface area contributed by atoms with Gasteiger partial charge in [-0.1, -0.05) is 30.3 Å². The Labute approximate surface area is 140 Å². The normalized spacial score (nSPS) is 21.0. The van der Waals surface area contributed by atoms with E-state index in [1.807, 2.05) is 13.0 Å². The molecular formula is C17H20ClNO4. The maximum atomic E-state index is 12.4. The van der Waals surface area contributed by atoms with Gasteiger partial charge in [0.25, 0.3) is 0 Å². The molecule has 0 bridgehead atoms. The third-order valence-corrected chi connectivity index (χ3v) is 3.93. The fraction of sp³-hybridized carbons (Fsp3) is 0.412. The largest absolute Gasteiger partial charge is 0.463 e. The molecule has 5 nitrogen and oxygen atoms in total. The Kier molecular flexibility index (Phi) is 6.19. The van der Waals surface area contributed by atoms with Gasteiger partial charge in [0.05, 0.1) is 6.61 Å². The van der Waals surface area contributed by atoms with Gasteiger partial charge < -0.3 is 14.8 Å². The molecule has 6 heteroatoms. The molecule has 2 atom stereocenters.